The minimum absolute atomic E-state index is 0.779. The fraction of sp³-hybridized carbons (Fsp3) is 0.0588. The molecular formula is C17H15NO. The Kier molecular flexibility index (Phi) is 3.32. The van der Waals surface area contributed by atoms with Crippen molar-refractivity contribution < 1.29 is 4.42 Å². The van der Waals surface area contributed by atoms with Gasteiger partial charge in [0.2, 0.25) is 0 Å². The van der Waals surface area contributed by atoms with E-state index in [0.29, 0.717) is 0 Å². The number of rotatable bonds is 4. The van der Waals surface area contributed by atoms with E-state index < -0.39 is 0 Å². The Morgan fingerprint density at radius 3 is 2.21 bits per heavy atom. The van der Waals surface area contributed by atoms with E-state index in [9.17, 15) is 0 Å². The Hall–Kier alpha value is -2.48. The second-order valence-corrected chi connectivity index (χ2v) is 4.43. The highest BCUT2D eigenvalue weighted by molar-refractivity contribution is 5.65. The van der Waals surface area contributed by atoms with Gasteiger partial charge in [-0.3, -0.25) is 0 Å². The number of anilines is 1. The Morgan fingerprint density at radius 2 is 1.53 bits per heavy atom. The first-order valence-corrected chi connectivity index (χ1v) is 6.32. The predicted molar refractivity (Wildman–Crippen MR) is 77.9 cm³/mol. The van der Waals surface area contributed by atoms with Gasteiger partial charge < -0.3 is 9.73 Å². The largest absolute Gasteiger partial charge is 0.472 e. The van der Waals surface area contributed by atoms with Crippen molar-refractivity contribution in [3.63, 3.8) is 0 Å². The van der Waals surface area contributed by atoms with Gasteiger partial charge in [0.25, 0.3) is 0 Å². The van der Waals surface area contributed by atoms with Crippen LogP contribution in [0.3, 0.4) is 0 Å². The lowest BCUT2D eigenvalue weighted by Gasteiger charge is -2.06. The van der Waals surface area contributed by atoms with Gasteiger partial charge in [-0.15, -0.1) is 0 Å². The van der Waals surface area contributed by atoms with Crippen molar-refractivity contribution in [2.24, 2.45) is 0 Å². The van der Waals surface area contributed by atoms with Gasteiger partial charge in [-0.25, -0.2) is 0 Å². The molecule has 1 N–H and O–H groups in total. The summed E-state index contributed by atoms with van der Waals surface area (Å²) in [7, 11) is 0. The smallest absolute Gasteiger partial charge is 0.0952 e. The van der Waals surface area contributed by atoms with Crippen LogP contribution in [-0.4, -0.2) is 0 Å². The SMILES string of the molecule is c1ccc(-c2ccc(NCc3ccoc3)cc2)cc1. The monoisotopic (exact) mass is 249 g/mol. The van der Waals surface area contributed by atoms with Gasteiger partial charge in [0.1, 0.15) is 0 Å². The molecule has 2 aromatic carbocycles. The van der Waals surface area contributed by atoms with Crippen LogP contribution in [0.4, 0.5) is 5.69 Å². The molecule has 0 saturated carbocycles. The van der Waals surface area contributed by atoms with Crippen molar-refractivity contribution in [1.82, 2.24) is 0 Å². The first-order chi connectivity index (χ1) is 9.42. The molecule has 3 rings (SSSR count). The average Bonchev–Trinajstić information content (AvgIpc) is 3.00. The summed E-state index contributed by atoms with van der Waals surface area (Å²) in [5.74, 6) is 0. The van der Waals surface area contributed by atoms with Crippen molar-refractivity contribution in [3.8, 4) is 11.1 Å². The molecule has 2 heteroatoms. The summed E-state index contributed by atoms with van der Waals surface area (Å²) in [6, 6.07) is 20.8. The van der Waals surface area contributed by atoms with Crippen LogP contribution in [-0.2, 0) is 6.54 Å². The molecule has 0 aliphatic carbocycles. The van der Waals surface area contributed by atoms with Crippen LogP contribution in [0, 0.1) is 0 Å². The van der Waals surface area contributed by atoms with Crippen LogP contribution in [0.25, 0.3) is 11.1 Å². The summed E-state index contributed by atoms with van der Waals surface area (Å²) in [5, 5.41) is 3.37. The van der Waals surface area contributed by atoms with Crippen LogP contribution in [0.5, 0.6) is 0 Å². The van der Waals surface area contributed by atoms with Gasteiger partial charge in [-0.2, -0.15) is 0 Å². The van der Waals surface area contributed by atoms with E-state index in [1.54, 1.807) is 12.5 Å². The summed E-state index contributed by atoms with van der Waals surface area (Å²) in [5.41, 5.74) is 4.73. The molecule has 0 bridgehead atoms. The van der Waals surface area contributed by atoms with Gasteiger partial charge in [0, 0.05) is 17.8 Å². The van der Waals surface area contributed by atoms with Gasteiger partial charge in [-0.1, -0.05) is 42.5 Å². The lowest BCUT2D eigenvalue weighted by molar-refractivity contribution is 0.564. The molecule has 0 amide bonds. The molecule has 0 spiro atoms. The average molecular weight is 249 g/mol. The van der Waals surface area contributed by atoms with Crippen LogP contribution < -0.4 is 5.32 Å². The molecule has 1 aromatic heterocycles. The van der Waals surface area contributed by atoms with Gasteiger partial charge in [-0.05, 0) is 29.3 Å². The number of nitrogens with one attached hydrogen (secondary N) is 1. The standard InChI is InChI=1S/C17H15NO/c1-2-4-15(5-3-1)16-6-8-17(9-7-16)18-12-14-10-11-19-13-14/h1-11,13,18H,12H2. The third kappa shape index (κ3) is 2.86. The minimum atomic E-state index is 0.779. The maximum Gasteiger partial charge on any atom is 0.0952 e. The quantitative estimate of drug-likeness (QED) is 0.733. The molecule has 1 heterocycles. The van der Waals surface area contributed by atoms with E-state index >= 15 is 0 Å². The maximum atomic E-state index is 5.04. The Balaban J connectivity index is 1.69. The summed E-state index contributed by atoms with van der Waals surface area (Å²) in [6.07, 6.45) is 3.45. The van der Waals surface area contributed by atoms with Crippen molar-refractivity contribution >= 4 is 5.69 Å². The predicted octanol–water partition coefficient (Wildman–Crippen LogP) is 4.56. The molecule has 2 nitrogen and oxygen atoms in total. The summed E-state index contributed by atoms with van der Waals surface area (Å²) >= 11 is 0. The van der Waals surface area contributed by atoms with Crippen molar-refractivity contribution in [1.29, 1.82) is 0 Å². The van der Waals surface area contributed by atoms with Crippen LogP contribution in [0.2, 0.25) is 0 Å². The summed E-state index contributed by atoms with van der Waals surface area (Å²) < 4.78 is 5.04. The molecule has 94 valence electrons. The first-order valence-electron chi connectivity index (χ1n) is 6.32. The van der Waals surface area contributed by atoms with E-state index in [1.165, 1.54) is 11.1 Å². The number of hydrogen-bond donors (Lipinski definition) is 1. The van der Waals surface area contributed by atoms with E-state index in [2.05, 4.69) is 53.8 Å². The van der Waals surface area contributed by atoms with Gasteiger partial charge >= 0.3 is 0 Å². The van der Waals surface area contributed by atoms with E-state index in [4.69, 9.17) is 4.42 Å². The first kappa shape index (κ1) is 11.6. The highest BCUT2D eigenvalue weighted by Crippen LogP contribution is 2.21. The molecule has 3 aromatic rings. The van der Waals surface area contributed by atoms with Crippen molar-refractivity contribution in [2.45, 2.75) is 6.54 Å². The zero-order valence-corrected chi connectivity index (χ0v) is 10.5. The second kappa shape index (κ2) is 5.44. The van der Waals surface area contributed by atoms with E-state index in [0.717, 1.165) is 17.8 Å². The second-order valence-electron chi connectivity index (χ2n) is 4.43. The molecular weight excluding hydrogens is 234 g/mol. The van der Waals surface area contributed by atoms with Crippen molar-refractivity contribution in [3.05, 3.63) is 78.8 Å². The minimum Gasteiger partial charge on any atom is -0.472 e. The van der Waals surface area contributed by atoms with Gasteiger partial charge in [0.05, 0.1) is 12.5 Å². The topological polar surface area (TPSA) is 25.2 Å². The Labute approximate surface area is 112 Å². The summed E-state index contributed by atoms with van der Waals surface area (Å²) in [4.78, 5) is 0. The molecule has 0 unspecified atom stereocenters. The molecule has 0 aliphatic rings. The van der Waals surface area contributed by atoms with Crippen LogP contribution in [0.1, 0.15) is 5.56 Å². The molecule has 0 fully saturated rings. The third-order valence-corrected chi connectivity index (χ3v) is 3.07. The Bertz CT molecular complexity index is 612. The molecule has 0 saturated heterocycles. The number of benzene rings is 2. The van der Waals surface area contributed by atoms with Crippen LogP contribution in [0.15, 0.2) is 77.6 Å². The van der Waals surface area contributed by atoms with E-state index in [-0.39, 0.29) is 0 Å². The third-order valence-electron chi connectivity index (χ3n) is 3.07. The highest BCUT2D eigenvalue weighted by Gasteiger charge is 1.98. The maximum absolute atomic E-state index is 5.04. The molecule has 0 radical (unpaired) electrons. The van der Waals surface area contributed by atoms with Crippen LogP contribution >= 0.6 is 0 Å². The molecule has 0 atom stereocenters. The lowest BCUT2D eigenvalue weighted by Crippen LogP contribution is -1.97. The molecule has 19 heavy (non-hydrogen) atoms. The number of furan rings is 1. The fourth-order valence-corrected chi connectivity index (χ4v) is 2.01. The Morgan fingerprint density at radius 1 is 0.789 bits per heavy atom. The van der Waals surface area contributed by atoms with Crippen molar-refractivity contribution in [2.75, 3.05) is 5.32 Å². The zero-order valence-electron chi connectivity index (χ0n) is 10.5. The zero-order chi connectivity index (χ0) is 12.9. The number of hydrogen-bond acceptors (Lipinski definition) is 2. The van der Waals surface area contributed by atoms with Gasteiger partial charge in [0.15, 0.2) is 0 Å². The highest BCUT2D eigenvalue weighted by atomic mass is 16.3. The normalized spacial score (nSPS) is 10.3. The fourth-order valence-electron chi connectivity index (χ4n) is 2.01. The lowest BCUT2D eigenvalue weighted by atomic mass is 10.1. The molecule has 0 aliphatic heterocycles. The van der Waals surface area contributed by atoms with E-state index in [1.807, 2.05) is 12.1 Å². The summed E-state index contributed by atoms with van der Waals surface area (Å²) in [6.45, 7) is 0.779.